The lowest BCUT2D eigenvalue weighted by molar-refractivity contribution is -0.117. The minimum absolute atomic E-state index is 0.132. The number of nitrogens with two attached hydrogens (primary N) is 1. The van der Waals surface area contributed by atoms with Gasteiger partial charge in [-0.05, 0) is 37.3 Å². The van der Waals surface area contributed by atoms with Crippen molar-refractivity contribution in [1.82, 2.24) is 0 Å². The fourth-order valence-electron chi connectivity index (χ4n) is 2.96. The van der Waals surface area contributed by atoms with Crippen molar-refractivity contribution >= 4 is 23.0 Å². The molecule has 138 valence electrons. The standard InChI is InChI=1S/C19H23N3O4/c1-12(22-8-9-26-16-6-4-13(20)10-15(16)22)19(23)21-14-5-7-17(24-2)18(11-14)25-3/h4-7,10-12H,8-9,20H2,1-3H3,(H,21,23). The normalized spacial score (nSPS) is 14.0. The number of hydrogen-bond acceptors (Lipinski definition) is 6. The molecule has 1 amide bonds. The molecule has 1 heterocycles. The largest absolute Gasteiger partial charge is 0.493 e. The number of anilines is 3. The van der Waals surface area contributed by atoms with Crippen molar-refractivity contribution in [2.75, 3.05) is 43.3 Å². The van der Waals surface area contributed by atoms with E-state index < -0.39 is 6.04 Å². The van der Waals surface area contributed by atoms with Crippen molar-refractivity contribution in [1.29, 1.82) is 0 Å². The second kappa shape index (κ2) is 7.43. The molecule has 0 aromatic heterocycles. The first-order valence-electron chi connectivity index (χ1n) is 8.35. The van der Waals surface area contributed by atoms with E-state index in [9.17, 15) is 4.79 Å². The van der Waals surface area contributed by atoms with Crippen LogP contribution in [-0.2, 0) is 4.79 Å². The summed E-state index contributed by atoms with van der Waals surface area (Å²) in [5, 5.41) is 2.92. The topological polar surface area (TPSA) is 86.0 Å². The van der Waals surface area contributed by atoms with E-state index in [2.05, 4.69) is 5.32 Å². The Kier molecular flexibility index (Phi) is 5.06. The number of carbonyl (C=O) groups is 1. The summed E-state index contributed by atoms with van der Waals surface area (Å²) >= 11 is 0. The molecule has 0 fully saturated rings. The predicted molar refractivity (Wildman–Crippen MR) is 101 cm³/mol. The lowest BCUT2D eigenvalue weighted by Gasteiger charge is -2.35. The zero-order chi connectivity index (χ0) is 18.7. The van der Waals surface area contributed by atoms with E-state index >= 15 is 0 Å². The van der Waals surface area contributed by atoms with Gasteiger partial charge in [0.05, 0.1) is 26.5 Å². The number of rotatable bonds is 5. The number of benzene rings is 2. The molecule has 0 saturated carbocycles. The Hall–Kier alpha value is -3.09. The summed E-state index contributed by atoms with van der Waals surface area (Å²) in [4.78, 5) is 14.8. The third-order valence-corrected chi connectivity index (χ3v) is 4.38. The number of nitrogens with zero attached hydrogens (tertiary/aromatic N) is 1. The van der Waals surface area contributed by atoms with Gasteiger partial charge in [-0.25, -0.2) is 0 Å². The van der Waals surface area contributed by atoms with Crippen LogP contribution in [0.2, 0.25) is 0 Å². The molecule has 0 spiro atoms. The maximum absolute atomic E-state index is 12.8. The minimum Gasteiger partial charge on any atom is -0.493 e. The van der Waals surface area contributed by atoms with Gasteiger partial charge in [-0.2, -0.15) is 0 Å². The van der Waals surface area contributed by atoms with Gasteiger partial charge in [0.15, 0.2) is 11.5 Å². The molecule has 0 radical (unpaired) electrons. The van der Waals surface area contributed by atoms with Crippen LogP contribution in [0.1, 0.15) is 6.92 Å². The summed E-state index contributed by atoms with van der Waals surface area (Å²) in [5.74, 6) is 1.77. The van der Waals surface area contributed by atoms with Crippen LogP contribution < -0.4 is 30.2 Å². The Balaban J connectivity index is 1.78. The summed E-state index contributed by atoms with van der Waals surface area (Å²) in [7, 11) is 3.13. The Morgan fingerprint density at radius 1 is 1.19 bits per heavy atom. The fraction of sp³-hybridized carbons (Fsp3) is 0.316. The smallest absolute Gasteiger partial charge is 0.246 e. The molecule has 1 aliphatic rings. The van der Waals surface area contributed by atoms with Crippen molar-refractivity contribution in [3.8, 4) is 17.2 Å². The molecule has 7 heteroatoms. The average molecular weight is 357 g/mol. The van der Waals surface area contributed by atoms with Crippen molar-refractivity contribution in [3.63, 3.8) is 0 Å². The van der Waals surface area contributed by atoms with E-state index in [0.717, 1.165) is 11.4 Å². The molecule has 3 N–H and O–H groups in total. The SMILES string of the molecule is COc1ccc(NC(=O)C(C)N2CCOc3ccc(N)cc32)cc1OC. The molecule has 2 aromatic rings. The lowest BCUT2D eigenvalue weighted by atomic mass is 10.1. The molecular weight excluding hydrogens is 334 g/mol. The number of nitrogen functional groups attached to an aromatic ring is 1. The fourth-order valence-corrected chi connectivity index (χ4v) is 2.96. The zero-order valence-corrected chi connectivity index (χ0v) is 15.1. The molecular formula is C19H23N3O4. The monoisotopic (exact) mass is 357 g/mol. The number of hydrogen-bond donors (Lipinski definition) is 2. The molecule has 0 saturated heterocycles. The van der Waals surface area contributed by atoms with E-state index in [1.54, 1.807) is 38.5 Å². The maximum atomic E-state index is 12.8. The van der Waals surface area contributed by atoms with Gasteiger partial charge in [-0.1, -0.05) is 0 Å². The molecule has 2 aromatic carbocycles. The predicted octanol–water partition coefficient (Wildman–Crippen LogP) is 2.51. The van der Waals surface area contributed by atoms with Crippen LogP contribution in [0.3, 0.4) is 0 Å². The lowest BCUT2D eigenvalue weighted by Crippen LogP contribution is -2.46. The zero-order valence-electron chi connectivity index (χ0n) is 15.1. The van der Waals surface area contributed by atoms with Crippen LogP contribution in [0.5, 0.6) is 17.2 Å². The van der Waals surface area contributed by atoms with Gasteiger partial charge in [-0.3, -0.25) is 4.79 Å². The first-order chi connectivity index (χ1) is 12.5. The van der Waals surface area contributed by atoms with E-state index in [-0.39, 0.29) is 5.91 Å². The van der Waals surface area contributed by atoms with Gasteiger partial charge in [0.2, 0.25) is 5.91 Å². The first kappa shape index (κ1) is 17.7. The average Bonchev–Trinajstić information content (AvgIpc) is 2.66. The number of ether oxygens (including phenoxy) is 3. The second-order valence-corrected chi connectivity index (χ2v) is 6.00. The molecule has 1 atom stereocenters. The van der Waals surface area contributed by atoms with Gasteiger partial charge < -0.3 is 30.2 Å². The van der Waals surface area contributed by atoms with Crippen molar-refractivity contribution < 1.29 is 19.0 Å². The highest BCUT2D eigenvalue weighted by atomic mass is 16.5. The molecule has 0 aliphatic carbocycles. The van der Waals surface area contributed by atoms with Crippen LogP contribution in [-0.4, -0.2) is 39.3 Å². The first-order valence-corrected chi connectivity index (χ1v) is 8.35. The number of fused-ring (bicyclic) bond motifs is 1. The Bertz CT molecular complexity index is 809. The molecule has 1 unspecified atom stereocenters. The van der Waals surface area contributed by atoms with Gasteiger partial charge in [-0.15, -0.1) is 0 Å². The molecule has 1 aliphatic heterocycles. The van der Waals surface area contributed by atoms with E-state index in [0.29, 0.717) is 36.0 Å². The van der Waals surface area contributed by atoms with Gasteiger partial charge in [0, 0.05) is 17.4 Å². The number of amides is 1. The number of carbonyl (C=O) groups excluding carboxylic acids is 1. The molecule has 0 bridgehead atoms. The van der Waals surface area contributed by atoms with Gasteiger partial charge in [0.1, 0.15) is 18.4 Å². The highest BCUT2D eigenvalue weighted by Gasteiger charge is 2.27. The van der Waals surface area contributed by atoms with E-state index in [1.807, 2.05) is 24.0 Å². The van der Waals surface area contributed by atoms with Crippen LogP contribution >= 0.6 is 0 Å². The van der Waals surface area contributed by atoms with Crippen molar-refractivity contribution in [2.24, 2.45) is 0 Å². The summed E-state index contributed by atoms with van der Waals surface area (Å²) in [6, 6.07) is 10.3. The highest BCUT2D eigenvalue weighted by Crippen LogP contribution is 2.35. The van der Waals surface area contributed by atoms with Crippen LogP contribution in [0, 0.1) is 0 Å². The van der Waals surface area contributed by atoms with Gasteiger partial charge in [0.25, 0.3) is 0 Å². The second-order valence-electron chi connectivity index (χ2n) is 6.00. The minimum atomic E-state index is -0.396. The van der Waals surface area contributed by atoms with Crippen LogP contribution in [0.25, 0.3) is 0 Å². The Morgan fingerprint density at radius 3 is 2.69 bits per heavy atom. The van der Waals surface area contributed by atoms with E-state index in [4.69, 9.17) is 19.9 Å². The van der Waals surface area contributed by atoms with Crippen molar-refractivity contribution in [3.05, 3.63) is 36.4 Å². The summed E-state index contributed by atoms with van der Waals surface area (Å²) < 4.78 is 16.1. The summed E-state index contributed by atoms with van der Waals surface area (Å²) in [5.41, 5.74) is 7.99. The highest BCUT2D eigenvalue weighted by molar-refractivity contribution is 5.97. The quantitative estimate of drug-likeness (QED) is 0.800. The molecule has 26 heavy (non-hydrogen) atoms. The number of methoxy groups -OCH3 is 2. The Labute approximate surface area is 152 Å². The van der Waals surface area contributed by atoms with Gasteiger partial charge >= 0.3 is 0 Å². The van der Waals surface area contributed by atoms with Crippen LogP contribution in [0.15, 0.2) is 36.4 Å². The summed E-state index contributed by atoms with van der Waals surface area (Å²) in [6.07, 6.45) is 0. The molecule has 7 nitrogen and oxygen atoms in total. The number of nitrogens with one attached hydrogen (secondary N) is 1. The van der Waals surface area contributed by atoms with Crippen molar-refractivity contribution in [2.45, 2.75) is 13.0 Å². The summed E-state index contributed by atoms with van der Waals surface area (Å²) in [6.45, 7) is 2.98. The molecule has 3 rings (SSSR count). The van der Waals surface area contributed by atoms with Crippen LogP contribution in [0.4, 0.5) is 17.1 Å². The maximum Gasteiger partial charge on any atom is 0.246 e. The Morgan fingerprint density at radius 2 is 1.96 bits per heavy atom. The third kappa shape index (κ3) is 3.46. The third-order valence-electron chi connectivity index (χ3n) is 4.38. The van der Waals surface area contributed by atoms with E-state index in [1.165, 1.54) is 0 Å².